The largest absolute Gasteiger partial charge is 0.392 e. The third-order valence-electron chi connectivity index (χ3n) is 3.66. The number of hydrogen-bond acceptors (Lipinski definition) is 2. The molecule has 84 valence electrons. The summed E-state index contributed by atoms with van der Waals surface area (Å²) in [5.74, 6) is 0.592. The molecule has 2 nitrogen and oxygen atoms in total. The van der Waals surface area contributed by atoms with Gasteiger partial charge in [0.2, 0.25) is 0 Å². The summed E-state index contributed by atoms with van der Waals surface area (Å²) in [4.78, 5) is 5.53. The van der Waals surface area contributed by atoms with Crippen LogP contribution < -0.4 is 0 Å². The van der Waals surface area contributed by atoms with E-state index in [-0.39, 0.29) is 0 Å². The number of oxime groups is 1. The lowest BCUT2D eigenvalue weighted by molar-refractivity contribution is 0.0397. The lowest BCUT2D eigenvalue weighted by Gasteiger charge is -2.23. The van der Waals surface area contributed by atoms with Crippen LogP contribution in [0.3, 0.4) is 0 Å². The highest BCUT2D eigenvalue weighted by molar-refractivity contribution is 5.89. The summed E-state index contributed by atoms with van der Waals surface area (Å²) >= 11 is 0. The first-order chi connectivity index (χ1) is 7.93. The van der Waals surface area contributed by atoms with Crippen molar-refractivity contribution in [3.8, 4) is 0 Å². The zero-order valence-electron chi connectivity index (χ0n) is 9.43. The molecule has 1 heterocycles. The minimum atomic E-state index is 0.382. The van der Waals surface area contributed by atoms with E-state index in [9.17, 15) is 0 Å². The van der Waals surface area contributed by atoms with Gasteiger partial charge in [0.1, 0.15) is 6.10 Å². The van der Waals surface area contributed by atoms with E-state index in [1.165, 1.54) is 37.0 Å². The summed E-state index contributed by atoms with van der Waals surface area (Å²) in [7, 11) is 0. The molecule has 1 aromatic rings. The smallest absolute Gasteiger partial charge is 0.135 e. The topological polar surface area (TPSA) is 21.6 Å². The predicted molar refractivity (Wildman–Crippen MR) is 64.4 cm³/mol. The Bertz CT molecular complexity index is 385. The van der Waals surface area contributed by atoms with Crippen LogP contribution in [-0.4, -0.2) is 11.8 Å². The van der Waals surface area contributed by atoms with E-state index in [1.54, 1.807) is 0 Å². The number of nitrogens with zero attached hydrogens (tertiary/aromatic N) is 1. The van der Waals surface area contributed by atoms with Gasteiger partial charge >= 0.3 is 0 Å². The number of rotatable bonds is 2. The predicted octanol–water partition coefficient (Wildman–Crippen LogP) is 3.17. The highest BCUT2D eigenvalue weighted by Gasteiger charge is 2.35. The maximum atomic E-state index is 5.53. The fourth-order valence-electron chi connectivity index (χ4n) is 2.78. The highest BCUT2D eigenvalue weighted by Crippen LogP contribution is 2.33. The van der Waals surface area contributed by atoms with Gasteiger partial charge in [0.15, 0.2) is 0 Å². The Balaban J connectivity index is 1.72. The molecule has 0 bridgehead atoms. The number of fused-ring (bicyclic) bond motifs is 1. The van der Waals surface area contributed by atoms with E-state index in [0.29, 0.717) is 12.0 Å². The minimum Gasteiger partial charge on any atom is -0.392 e. The van der Waals surface area contributed by atoms with E-state index < -0.39 is 0 Å². The first kappa shape index (κ1) is 9.88. The van der Waals surface area contributed by atoms with Gasteiger partial charge in [-0.2, -0.15) is 0 Å². The Hall–Kier alpha value is -1.31. The Morgan fingerprint density at radius 3 is 2.81 bits per heavy atom. The third kappa shape index (κ3) is 1.84. The van der Waals surface area contributed by atoms with Crippen molar-refractivity contribution in [1.29, 1.82) is 0 Å². The van der Waals surface area contributed by atoms with Crippen LogP contribution in [0.2, 0.25) is 0 Å². The van der Waals surface area contributed by atoms with Crippen molar-refractivity contribution in [3.63, 3.8) is 0 Å². The van der Waals surface area contributed by atoms with Gasteiger partial charge in [-0.1, -0.05) is 41.9 Å². The number of hydrogen-bond donors (Lipinski definition) is 0. The van der Waals surface area contributed by atoms with E-state index in [1.807, 2.05) is 0 Å². The summed E-state index contributed by atoms with van der Waals surface area (Å²) in [6.45, 7) is 0. The maximum absolute atomic E-state index is 5.53. The first-order valence-electron chi connectivity index (χ1n) is 6.20. The molecule has 1 aromatic carbocycles. The molecule has 2 aliphatic rings. The molecule has 3 rings (SSSR count). The molecule has 1 aliphatic heterocycles. The second kappa shape index (κ2) is 4.28. The lowest BCUT2D eigenvalue weighted by atomic mass is 9.82. The molecule has 0 saturated heterocycles. The zero-order valence-corrected chi connectivity index (χ0v) is 9.43. The highest BCUT2D eigenvalue weighted by atomic mass is 16.6. The van der Waals surface area contributed by atoms with Crippen molar-refractivity contribution in [1.82, 2.24) is 0 Å². The standard InChI is InChI=1S/C14H17NO/c1-2-6-11(7-3-1)10-13-12-8-4-5-9-14(12)16-15-13/h1-3,6-7,12,14H,4-5,8-10H2. The lowest BCUT2D eigenvalue weighted by Crippen LogP contribution is -2.27. The van der Waals surface area contributed by atoms with Crippen LogP contribution in [0.15, 0.2) is 35.5 Å². The van der Waals surface area contributed by atoms with Crippen LogP contribution in [0, 0.1) is 5.92 Å². The first-order valence-corrected chi connectivity index (χ1v) is 6.20. The molecule has 1 fully saturated rings. The van der Waals surface area contributed by atoms with Crippen molar-refractivity contribution in [2.24, 2.45) is 11.1 Å². The molecular weight excluding hydrogens is 198 g/mol. The van der Waals surface area contributed by atoms with Gasteiger partial charge in [0.25, 0.3) is 0 Å². The van der Waals surface area contributed by atoms with Gasteiger partial charge in [-0.25, -0.2) is 0 Å². The molecule has 0 radical (unpaired) electrons. The van der Waals surface area contributed by atoms with Crippen molar-refractivity contribution >= 4 is 5.71 Å². The van der Waals surface area contributed by atoms with Gasteiger partial charge in [-0.3, -0.25) is 0 Å². The number of benzene rings is 1. The monoisotopic (exact) mass is 215 g/mol. The third-order valence-corrected chi connectivity index (χ3v) is 3.66. The maximum Gasteiger partial charge on any atom is 0.135 e. The van der Waals surface area contributed by atoms with Crippen LogP contribution in [0.4, 0.5) is 0 Å². The van der Waals surface area contributed by atoms with Crippen molar-refractivity contribution in [2.45, 2.75) is 38.2 Å². The Kier molecular flexibility index (Phi) is 2.65. The Morgan fingerprint density at radius 1 is 1.12 bits per heavy atom. The summed E-state index contributed by atoms with van der Waals surface area (Å²) in [6.07, 6.45) is 6.42. The molecule has 2 unspecified atom stereocenters. The van der Waals surface area contributed by atoms with Gasteiger partial charge in [-0.15, -0.1) is 0 Å². The second-order valence-electron chi connectivity index (χ2n) is 4.78. The molecule has 0 amide bonds. The van der Waals surface area contributed by atoms with Gasteiger partial charge in [0.05, 0.1) is 5.71 Å². The summed E-state index contributed by atoms with van der Waals surface area (Å²) < 4.78 is 0. The van der Waals surface area contributed by atoms with Crippen molar-refractivity contribution < 1.29 is 4.84 Å². The normalized spacial score (nSPS) is 28.1. The van der Waals surface area contributed by atoms with E-state index >= 15 is 0 Å². The molecule has 0 N–H and O–H groups in total. The molecule has 1 aliphatic carbocycles. The van der Waals surface area contributed by atoms with Gasteiger partial charge in [0, 0.05) is 12.3 Å². The summed E-state index contributed by atoms with van der Waals surface area (Å²) in [6, 6.07) is 10.6. The van der Waals surface area contributed by atoms with Crippen LogP contribution in [-0.2, 0) is 11.3 Å². The molecule has 2 heteroatoms. The summed E-state index contributed by atoms with van der Waals surface area (Å²) in [5.41, 5.74) is 2.60. The van der Waals surface area contributed by atoms with Gasteiger partial charge < -0.3 is 4.84 Å². The summed E-state index contributed by atoms with van der Waals surface area (Å²) in [5, 5.41) is 4.29. The van der Waals surface area contributed by atoms with Crippen LogP contribution in [0.25, 0.3) is 0 Å². The second-order valence-corrected chi connectivity index (χ2v) is 4.78. The molecule has 1 saturated carbocycles. The fraction of sp³-hybridized carbons (Fsp3) is 0.500. The minimum absolute atomic E-state index is 0.382. The van der Waals surface area contributed by atoms with Crippen molar-refractivity contribution in [3.05, 3.63) is 35.9 Å². The fourth-order valence-corrected chi connectivity index (χ4v) is 2.78. The van der Waals surface area contributed by atoms with E-state index in [0.717, 1.165) is 6.42 Å². The SMILES string of the molecule is c1ccc(CC2=NOC3CCCCC23)cc1. The molecular formula is C14H17NO. The van der Waals surface area contributed by atoms with Crippen LogP contribution in [0.1, 0.15) is 31.2 Å². The average molecular weight is 215 g/mol. The van der Waals surface area contributed by atoms with E-state index in [2.05, 4.69) is 35.5 Å². The Labute approximate surface area is 96.3 Å². The molecule has 16 heavy (non-hydrogen) atoms. The zero-order chi connectivity index (χ0) is 10.8. The van der Waals surface area contributed by atoms with E-state index in [4.69, 9.17) is 4.84 Å². The van der Waals surface area contributed by atoms with Gasteiger partial charge in [-0.05, 0) is 24.8 Å². The molecule has 0 aromatic heterocycles. The Morgan fingerprint density at radius 2 is 1.94 bits per heavy atom. The average Bonchev–Trinajstić information content (AvgIpc) is 2.74. The molecule has 2 atom stereocenters. The quantitative estimate of drug-likeness (QED) is 0.742. The van der Waals surface area contributed by atoms with Crippen molar-refractivity contribution in [2.75, 3.05) is 0 Å². The van der Waals surface area contributed by atoms with Crippen LogP contribution in [0.5, 0.6) is 0 Å². The molecule has 0 spiro atoms. The van der Waals surface area contributed by atoms with Crippen LogP contribution >= 0.6 is 0 Å².